The fourth-order valence-electron chi connectivity index (χ4n) is 0.840. The van der Waals surface area contributed by atoms with Gasteiger partial charge < -0.3 is 5.32 Å². The Bertz CT molecular complexity index is 248. The van der Waals surface area contributed by atoms with Crippen molar-refractivity contribution in [1.29, 1.82) is 0 Å². The lowest BCUT2D eigenvalue weighted by Gasteiger charge is -2.11. The van der Waals surface area contributed by atoms with E-state index in [1.807, 2.05) is 12.2 Å². The minimum absolute atomic E-state index is 0.248. The molecule has 0 aromatic heterocycles. The summed E-state index contributed by atoms with van der Waals surface area (Å²) < 4.78 is 0. The lowest BCUT2D eigenvalue weighted by atomic mass is 10.2. The molecule has 3 amide bonds. The van der Waals surface area contributed by atoms with Gasteiger partial charge in [-0.3, -0.25) is 10.1 Å². The zero-order chi connectivity index (χ0) is 11.0. The molecule has 0 bridgehead atoms. The number of amides is 3. The van der Waals surface area contributed by atoms with Crippen LogP contribution >= 0.6 is 11.6 Å². The van der Waals surface area contributed by atoms with E-state index < -0.39 is 11.9 Å². The molecule has 0 aliphatic carbocycles. The molecule has 0 rings (SSSR count). The molecule has 0 saturated heterocycles. The van der Waals surface area contributed by atoms with Gasteiger partial charge in [-0.2, -0.15) is 0 Å². The highest BCUT2D eigenvalue weighted by Gasteiger charge is 2.10. The maximum Gasteiger partial charge on any atom is 0.322 e. The van der Waals surface area contributed by atoms with Crippen LogP contribution < -0.4 is 10.6 Å². The van der Waals surface area contributed by atoms with E-state index in [-0.39, 0.29) is 11.9 Å². The van der Waals surface area contributed by atoms with Gasteiger partial charge >= 0.3 is 6.03 Å². The predicted octanol–water partition coefficient (Wildman–Crippen LogP) is 0.853. The monoisotopic (exact) mass is 216 g/mol. The van der Waals surface area contributed by atoms with Gasteiger partial charge in [-0.05, 0) is 6.42 Å². The quantitative estimate of drug-likeness (QED) is 0.541. The van der Waals surface area contributed by atoms with Crippen molar-refractivity contribution in [3.63, 3.8) is 0 Å². The highest BCUT2D eigenvalue weighted by molar-refractivity contribution is 6.28. The maximum atomic E-state index is 11.1. The number of alkyl halides is 1. The Balaban J connectivity index is 3.92. The van der Waals surface area contributed by atoms with Crippen LogP contribution in [-0.2, 0) is 4.79 Å². The van der Waals surface area contributed by atoms with Crippen LogP contribution in [0, 0.1) is 12.3 Å². The molecule has 1 unspecified atom stereocenters. The van der Waals surface area contributed by atoms with Crippen molar-refractivity contribution in [3.8, 4) is 12.3 Å². The normalized spacial score (nSPS) is 11.2. The fraction of sp³-hybridized carbons (Fsp3) is 0.556. The first-order chi connectivity index (χ1) is 6.63. The summed E-state index contributed by atoms with van der Waals surface area (Å²) in [7, 11) is 0. The van der Waals surface area contributed by atoms with Crippen molar-refractivity contribution >= 4 is 23.5 Å². The lowest BCUT2D eigenvalue weighted by molar-refractivity contribution is -0.117. The zero-order valence-electron chi connectivity index (χ0n) is 7.97. The zero-order valence-corrected chi connectivity index (χ0v) is 8.73. The van der Waals surface area contributed by atoms with E-state index in [0.29, 0.717) is 6.42 Å². The van der Waals surface area contributed by atoms with Crippen molar-refractivity contribution in [2.75, 3.05) is 5.88 Å². The highest BCUT2D eigenvalue weighted by Crippen LogP contribution is 1.94. The largest absolute Gasteiger partial charge is 0.324 e. The third-order valence-electron chi connectivity index (χ3n) is 1.46. The van der Waals surface area contributed by atoms with E-state index in [1.54, 1.807) is 0 Å². The van der Waals surface area contributed by atoms with Gasteiger partial charge in [-0.1, -0.05) is 19.3 Å². The summed E-state index contributed by atoms with van der Waals surface area (Å²) in [5, 5.41) is 4.50. The number of carbonyl (C=O) groups is 2. The Hall–Kier alpha value is -1.21. The molecule has 0 spiro atoms. The SMILES string of the molecule is C#CC(CCC)NC(=O)NC(=O)CCl. The Labute approximate surface area is 88.4 Å². The number of halogens is 1. The summed E-state index contributed by atoms with van der Waals surface area (Å²) in [5.74, 6) is 1.62. The molecular formula is C9H13ClN2O2. The van der Waals surface area contributed by atoms with Gasteiger partial charge in [-0.25, -0.2) is 4.79 Å². The molecule has 2 N–H and O–H groups in total. The topological polar surface area (TPSA) is 58.2 Å². The van der Waals surface area contributed by atoms with E-state index in [0.717, 1.165) is 6.42 Å². The van der Waals surface area contributed by atoms with Crippen LogP contribution in [0.25, 0.3) is 0 Å². The number of hydrogen-bond acceptors (Lipinski definition) is 2. The van der Waals surface area contributed by atoms with Gasteiger partial charge in [0.1, 0.15) is 5.88 Å². The number of rotatable bonds is 4. The Kier molecular flexibility index (Phi) is 6.59. The number of hydrogen-bond donors (Lipinski definition) is 2. The van der Waals surface area contributed by atoms with Gasteiger partial charge in [-0.15, -0.1) is 18.0 Å². The van der Waals surface area contributed by atoms with Crippen LogP contribution in [-0.4, -0.2) is 23.9 Å². The van der Waals surface area contributed by atoms with Crippen LogP contribution in [0.2, 0.25) is 0 Å². The Morgan fingerprint density at radius 2 is 2.21 bits per heavy atom. The number of urea groups is 1. The Morgan fingerprint density at radius 3 is 2.64 bits per heavy atom. The molecule has 1 atom stereocenters. The second-order valence-electron chi connectivity index (χ2n) is 2.66. The van der Waals surface area contributed by atoms with Crippen molar-refractivity contribution in [2.45, 2.75) is 25.8 Å². The van der Waals surface area contributed by atoms with E-state index >= 15 is 0 Å². The second-order valence-corrected chi connectivity index (χ2v) is 2.93. The summed E-state index contributed by atoms with van der Waals surface area (Å²) in [5.41, 5.74) is 0. The first-order valence-corrected chi connectivity index (χ1v) is 4.79. The highest BCUT2D eigenvalue weighted by atomic mass is 35.5. The van der Waals surface area contributed by atoms with Gasteiger partial charge in [0, 0.05) is 0 Å². The van der Waals surface area contributed by atoms with Gasteiger partial charge in [0.2, 0.25) is 5.91 Å². The average Bonchev–Trinajstić information content (AvgIpc) is 2.16. The summed E-state index contributed by atoms with van der Waals surface area (Å²) in [6, 6.07) is -0.949. The Morgan fingerprint density at radius 1 is 1.57 bits per heavy atom. The van der Waals surface area contributed by atoms with Gasteiger partial charge in [0.25, 0.3) is 0 Å². The summed E-state index contributed by atoms with van der Waals surface area (Å²) >= 11 is 5.20. The molecule has 78 valence electrons. The molecule has 0 fully saturated rings. The molecule has 0 aliphatic rings. The van der Waals surface area contributed by atoms with Crippen LogP contribution in [0.4, 0.5) is 4.79 Å². The number of carbonyl (C=O) groups excluding carboxylic acids is 2. The maximum absolute atomic E-state index is 11.1. The molecule has 5 heteroatoms. The second kappa shape index (κ2) is 7.22. The van der Waals surface area contributed by atoms with Crippen LogP contribution in [0.5, 0.6) is 0 Å². The lowest BCUT2D eigenvalue weighted by Crippen LogP contribution is -2.44. The minimum atomic E-state index is -0.605. The first kappa shape index (κ1) is 12.8. The molecule has 0 aromatic carbocycles. The smallest absolute Gasteiger partial charge is 0.322 e. The summed E-state index contributed by atoms with van der Waals surface area (Å²) in [6.45, 7) is 1.95. The van der Waals surface area contributed by atoms with E-state index in [9.17, 15) is 9.59 Å². The standard InChI is InChI=1S/C9H13ClN2O2/c1-3-5-7(4-2)11-9(14)12-8(13)6-10/h2,7H,3,5-6H2,1H3,(H2,11,12,13,14). The summed E-state index contributed by atoms with van der Waals surface area (Å²) in [6.07, 6.45) is 6.71. The van der Waals surface area contributed by atoms with Crippen molar-refractivity contribution < 1.29 is 9.59 Å². The first-order valence-electron chi connectivity index (χ1n) is 4.26. The molecular weight excluding hydrogens is 204 g/mol. The molecule has 0 saturated carbocycles. The third-order valence-corrected chi connectivity index (χ3v) is 1.70. The summed E-state index contributed by atoms with van der Waals surface area (Å²) in [4.78, 5) is 21.8. The molecule has 0 aromatic rings. The average molecular weight is 217 g/mol. The van der Waals surface area contributed by atoms with E-state index in [2.05, 4.69) is 11.2 Å². The van der Waals surface area contributed by atoms with Crippen LogP contribution in [0.3, 0.4) is 0 Å². The van der Waals surface area contributed by atoms with Crippen molar-refractivity contribution in [2.24, 2.45) is 0 Å². The molecule has 0 radical (unpaired) electrons. The van der Waals surface area contributed by atoms with Gasteiger partial charge in [0.15, 0.2) is 0 Å². The van der Waals surface area contributed by atoms with E-state index in [1.165, 1.54) is 0 Å². The molecule has 0 aliphatic heterocycles. The van der Waals surface area contributed by atoms with E-state index in [4.69, 9.17) is 18.0 Å². The van der Waals surface area contributed by atoms with Crippen LogP contribution in [0.1, 0.15) is 19.8 Å². The molecule has 0 heterocycles. The number of nitrogens with one attached hydrogen (secondary N) is 2. The predicted molar refractivity (Wildman–Crippen MR) is 54.9 cm³/mol. The number of terminal acetylenes is 1. The minimum Gasteiger partial charge on any atom is -0.324 e. The van der Waals surface area contributed by atoms with Crippen LogP contribution in [0.15, 0.2) is 0 Å². The van der Waals surface area contributed by atoms with Crippen molar-refractivity contribution in [1.82, 2.24) is 10.6 Å². The van der Waals surface area contributed by atoms with Gasteiger partial charge in [0.05, 0.1) is 6.04 Å². The molecule has 14 heavy (non-hydrogen) atoms. The third kappa shape index (κ3) is 5.44. The van der Waals surface area contributed by atoms with Crippen molar-refractivity contribution in [3.05, 3.63) is 0 Å². The molecule has 4 nitrogen and oxygen atoms in total. The number of imide groups is 1. The fourth-order valence-corrected chi connectivity index (χ4v) is 0.907.